The van der Waals surface area contributed by atoms with Gasteiger partial charge in [-0.15, -0.1) is 0 Å². The van der Waals surface area contributed by atoms with E-state index in [4.69, 9.17) is 4.98 Å². The third kappa shape index (κ3) is 3.81. The van der Waals surface area contributed by atoms with Crippen molar-refractivity contribution in [3.8, 4) is 0 Å². The predicted molar refractivity (Wildman–Crippen MR) is 121 cm³/mol. The van der Waals surface area contributed by atoms with Crippen molar-refractivity contribution < 1.29 is 13.2 Å². The Bertz CT molecular complexity index is 1170. The number of fused-ring (bicyclic) bond motifs is 1. The molecule has 1 saturated heterocycles. The van der Waals surface area contributed by atoms with Crippen molar-refractivity contribution >= 4 is 42.4 Å². The van der Waals surface area contributed by atoms with Gasteiger partial charge in [-0.2, -0.15) is 0 Å². The summed E-state index contributed by atoms with van der Waals surface area (Å²) >= 11 is 1.70. The zero-order valence-corrected chi connectivity index (χ0v) is 19.0. The number of hydrogen-bond donors (Lipinski definition) is 0. The Labute approximate surface area is 181 Å². The number of benzene rings is 2. The first-order chi connectivity index (χ1) is 14.3. The van der Waals surface area contributed by atoms with Gasteiger partial charge in [0.2, 0.25) is 0 Å². The first-order valence-corrected chi connectivity index (χ1v) is 12.5. The maximum atomic E-state index is 12.9. The number of thiazole rings is 1. The van der Waals surface area contributed by atoms with E-state index in [0.29, 0.717) is 31.7 Å². The average molecular weight is 444 g/mol. The van der Waals surface area contributed by atoms with Crippen molar-refractivity contribution in [1.82, 2.24) is 9.88 Å². The molecule has 1 aliphatic heterocycles. The van der Waals surface area contributed by atoms with Crippen LogP contribution < -0.4 is 4.90 Å². The summed E-state index contributed by atoms with van der Waals surface area (Å²) in [7, 11) is -3.34. The number of nitrogens with zero attached hydrogens (tertiary/aromatic N) is 3. The predicted octanol–water partition coefficient (Wildman–Crippen LogP) is 3.67. The summed E-state index contributed by atoms with van der Waals surface area (Å²) in [5.74, 6) is -0.108. The van der Waals surface area contributed by atoms with Gasteiger partial charge in [0, 0.05) is 31.7 Å². The summed E-state index contributed by atoms with van der Waals surface area (Å²) in [5.41, 5.74) is 3.88. The summed E-state index contributed by atoms with van der Waals surface area (Å²) in [4.78, 5) is 22.0. The minimum absolute atomic E-state index is 0.0183. The van der Waals surface area contributed by atoms with Gasteiger partial charge in [-0.3, -0.25) is 4.79 Å². The molecule has 1 amide bonds. The second-order valence-electron chi connectivity index (χ2n) is 7.58. The summed E-state index contributed by atoms with van der Waals surface area (Å²) in [6.07, 6.45) is 0. The van der Waals surface area contributed by atoms with Crippen LogP contribution in [0.2, 0.25) is 0 Å². The van der Waals surface area contributed by atoms with Gasteiger partial charge in [-0.05, 0) is 43.2 Å². The van der Waals surface area contributed by atoms with E-state index in [0.717, 1.165) is 10.6 Å². The molecular formula is C22H25N3O3S2. The number of aryl methyl sites for hydroxylation is 2. The van der Waals surface area contributed by atoms with E-state index in [1.54, 1.807) is 41.4 Å². The molecule has 6 nitrogen and oxygen atoms in total. The molecule has 1 fully saturated rings. The van der Waals surface area contributed by atoms with Crippen molar-refractivity contribution in [2.45, 2.75) is 25.7 Å². The second-order valence-corrected chi connectivity index (χ2v) is 10.8. The van der Waals surface area contributed by atoms with Crippen LogP contribution in [-0.2, 0) is 9.84 Å². The number of hydrogen-bond acceptors (Lipinski definition) is 6. The van der Waals surface area contributed by atoms with Gasteiger partial charge in [0.05, 0.1) is 20.9 Å². The van der Waals surface area contributed by atoms with Crippen molar-refractivity contribution in [2.75, 3.05) is 36.8 Å². The van der Waals surface area contributed by atoms with Gasteiger partial charge in [0.15, 0.2) is 15.0 Å². The Morgan fingerprint density at radius 1 is 1.07 bits per heavy atom. The zero-order chi connectivity index (χ0) is 21.5. The maximum absolute atomic E-state index is 12.9. The fourth-order valence-corrected chi connectivity index (χ4v) is 5.75. The average Bonchev–Trinajstić information content (AvgIpc) is 3.23. The molecule has 2 aromatic carbocycles. The lowest BCUT2D eigenvalue weighted by Crippen LogP contribution is -2.48. The summed E-state index contributed by atoms with van der Waals surface area (Å²) in [5, 5.41) is 0.991. The topological polar surface area (TPSA) is 70.6 Å². The first kappa shape index (κ1) is 20.8. The van der Waals surface area contributed by atoms with E-state index in [1.807, 2.05) is 0 Å². The van der Waals surface area contributed by atoms with Crippen molar-refractivity contribution in [2.24, 2.45) is 0 Å². The number of piperazine rings is 1. The SMILES string of the molecule is CCS(=O)(=O)c1cccc(C(=O)N2CCN(c3nc4c(C)ccc(C)c4s3)CC2)c1. The highest BCUT2D eigenvalue weighted by atomic mass is 32.2. The second kappa shape index (κ2) is 8.00. The normalized spacial score (nSPS) is 15.0. The van der Waals surface area contributed by atoms with E-state index < -0.39 is 9.84 Å². The van der Waals surface area contributed by atoms with E-state index in [1.165, 1.54) is 21.9 Å². The van der Waals surface area contributed by atoms with Gasteiger partial charge in [0.1, 0.15) is 0 Å². The van der Waals surface area contributed by atoms with Crippen LogP contribution in [0, 0.1) is 13.8 Å². The van der Waals surface area contributed by atoms with Crippen LogP contribution in [0.1, 0.15) is 28.4 Å². The van der Waals surface area contributed by atoms with Crippen LogP contribution in [0.15, 0.2) is 41.3 Å². The van der Waals surface area contributed by atoms with Gasteiger partial charge < -0.3 is 9.80 Å². The standard InChI is InChI=1S/C22H25N3O3S2/c1-4-30(27,28)18-7-5-6-17(14-18)21(26)24-10-12-25(13-11-24)22-23-19-15(2)8-9-16(3)20(19)29-22/h5-9,14H,4,10-13H2,1-3H3. The molecule has 2 heterocycles. The lowest BCUT2D eigenvalue weighted by atomic mass is 10.1. The fraction of sp³-hybridized carbons (Fsp3) is 0.364. The van der Waals surface area contributed by atoms with Gasteiger partial charge >= 0.3 is 0 Å². The van der Waals surface area contributed by atoms with Gasteiger partial charge in [-0.1, -0.05) is 36.5 Å². The van der Waals surface area contributed by atoms with Gasteiger partial charge in [0.25, 0.3) is 5.91 Å². The smallest absolute Gasteiger partial charge is 0.254 e. The van der Waals surface area contributed by atoms with Crippen molar-refractivity contribution in [3.05, 3.63) is 53.1 Å². The minimum Gasteiger partial charge on any atom is -0.345 e. The molecule has 0 atom stereocenters. The highest BCUT2D eigenvalue weighted by Crippen LogP contribution is 2.33. The molecule has 0 bridgehead atoms. The monoisotopic (exact) mass is 443 g/mol. The first-order valence-electron chi connectivity index (χ1n) is 10.0. The Morgan fingerprint density at radius 3 is 2.43 bits per heavy atom. The third-order valence-electron chi connectivity index (χ3n) is 5.59. The molecule has 4 rings (SSSR count). The van der Waals surface area contributed by atoms with E-state index in [9.17, 15) is 13.2 Å². The molecule has 158 valence electrons. The van der Waals surface area contributed by atoms with Crippen LogP contribution in [0.4, 0.5) is 5.13 Å². The number of anilines is 1. The largest absolute Gasteiger partial charge is 0.345 e. The number of sulfone groups is 1. The van der Waals surface area contributed by atoms with Crippen molar-refractivity contribution in [1.29, 1.82) is 0 Å². The molecule has 0 spiro atoms. The number of rotatable bonds is 4. The number of carbonyl (C=O) groups is 1. The van der Waals surface area contributed by atoms with E-state index in [-0.39, 0.29) is 16.6 Å². The van der Waals surface area contributed by atoms with E-state index >= 15 is 0 Å². The fourth-order valence-electron chi connectivity index (χ4n) is 3.66. The lowest BCUT2D eigenvalue weighted by Gasteiger charge is -2.34. The summed E-state index contributed by atoms with van der Waals surface area (Å²) in [6.45, 7) is 8.36. The molecule has 0 radical (unpaired) electrons. The molecule has 0 saturated carbocycles. The van der Waals surface area contributed by atoms with Crippen LogP contribution in [0.5, 0.6) is 0 Å². The highest BCUT2D eigenvalue weighted by Gasteiger charge is 2.25. The van der Waals surface area contributed by atoms with Crippen LogP contribution in [-0.4, -0.2) is 56.1 Å². The minimum atomic E-state index is -3.34. The summed E-state index contributed by atoms with van der Waals surface area (Å²) < 4.78 is 25.5. The molecule has 1 aromatic heterocycles. The molecule has 1 aliphatic rings. The number of amides is 1. The van der Waals surface area contributed by atoms with Crippen LogP contribution in [0.25, 0.3) is 10.2 Å². The molecular weight excluding hydrogens is 418 g/mol. The molecule has 0 aliphatic carbocycles. The maximum Gasteiger partial charge on any atom is 0.254 e. The van der Waals surface area contributed by atoms with Gasteiger partial charge in [-0.25, -0.2) is 13.4 Å². The zero-order valence-electron chi connectivity index (χ0n) is 17.4. The van der Waals surface area contributed by atoms with Crippen molar-refractivity contribution in [3.63, 3.8) is 0 Å². The lowest BCUT2D eigenvalue weighted by molar-refractivity contribution is 0.0746. The Balaban J connectivity index is 1.49. The Hall–Kier alpha value is -2.45. The molecule has 8 heteroatoms. The third-order valence-corrected chi connectivity index (χ3v) is 8.57. The van der Waals surface area contributed by atoms with Crippen LogP contribution >= 0.6 is 11.3 Å². The quantitative estimate of drug-likeness (QED) is 0.615. The summed E-state index contributed by atoms with van der Waals surface area (Å²) in [6, 6.07) is 10.6. The van der Waals surface area contributed by atoms with E-state index in [2.05, 4.69) is 30.9 Å². The number of aromatic nitrogens is 1. The molecule has 3 aromatic rings. The number of carbonyl (C=O) groups excluding carboxylic acids is 1. The molecule has 0 N–H and O–H groups in total. The Kier molecular flexibility index (Phi) is 5.55. The molecule has 30 heavy (non-hydrogen) atoms. The van der Waals surface area contributed by atoms with Crippen LogP contribution in [0.3, 0.4) is 0 Å². The highest BCUT2D eigenvalue weighted by molar-refractivity contribution is 7.91. The molecule has 0 unspecified atom stereocenters. The Morgan fingerprint density at radius 2 is 1.77 bits per heavy atom.